The number of ether oxygens (including phenoxy) is 2. The van der Waals surface area contributed by atoms with E-state index in [0.717, 1.165) is 38.5 Å². The number of amides is 1. The molecule has 1 N–H and O–H groups in total. The van der Waals surface area contributed by atoms with Crippen LogP contribution in [-0.4, -0.2) is 62.2 Å². The molecule has 1 saturated heterocycles. The van der Waals surface area contributed by atoms with Gasteiger partial charge in [-0.2, -0.15) is 0 Å². The van der Waals surface area contributed by atoms with Crippen LogP contribution in [0.25, 0.3) is 0 Å². The Morgan fingerprint density at radius 3 is 2.00 bits per heavy atom. The largest absolute Gasteiger partial charge is 0.490 e. The second-order valence-corrected chi connectivity index (χ2v) is 9.38. The molecular weight excluding hydrogens is 370 g/mol. The van der Waals surface area contributed by atoms with E-state index in [1.54, 1.807) is 24.3 Å². The summed E-state index contributed by atoms with van der Waals surface area (Å²) in [4.78, 5) is 12.7. The molecule has 1 amide bonds. The smallest absolute Gasteiger partial charge is 0.407 e. The van der Waals surface area contributed by atoms with Crippen LogP contribution < -0.4 is 4.74 Å². The quantitative estimate of drug-likeness (QED) is 0.821. The van der Waals surface area contributed by atoms with Crippen LogP contribution >= 0.6 is 0 Å². The maximum atomic E-state index is 11.5. The van der Waals surface area contributed by atoms with Crippen LogP contribution in [0.2, 0.25) is 0 Å². The third kappa shape index (κ3) is 5.59. The fourth-order valence-electron chi connectivity index (χ4n) is 3.70. The van der Waals surface area contributed by atoms with E-state index in [1.807, 2.05) is 0 Å². The van der Waals surface area contributed by atoms with Crippen LogP contribution in [-0.2, 0) is 14.6 Å². The number of hydrogen-bond acceptors (Lipinski definition) is 5. The Kier molecular flexibility index (Phi) is 6.26. The third-order valence-electron chi connectivity index (χ3n) is 5.27. The zero-order valence-corrected chi connectivity index (χ0v) is 16.4. The van der Waals surface area contributed by atoms with Crippen molar-refractivity contribution in [2.75, 3.05) is 19.3 Å². The summed E-state index contributed by atoms with van der Waals surface area (Å²) in [7, 11) is -3.19. The Morgan fingerprint density at radius 1 is 0.963 bits per heavy atom. The van der Waals surface area contributed by atoms with Gasteiger partial charge in [-0.05, 0) is 62.8 Å². The van der Waals surface area contributed by atoms with Crippen molar-refractivity contribution in [3.05, 3.63) is 24.3 Å². The molecule has 1 aliphatic carbocycles. The van der Waals surface area contributed by atoms with Gasteiger partial charge in [-0.1, -0.05) is 0 Å². The number of sulfone groups is 1. The average Bonchev–Trinajstić information content (AvgIpc) is 2.63. The van der Waals surface area contributed by atoms with Gasteiger partial charge in [0.15, 0.2) is 9.84 Å². The molecule has 7 nitrogen and oxygen atoms in total. The van der Waals surface area contributed by atoms with Gasteiger partial charge in [0.1, 0.15) is 5.75 Å². The molecule has 2 aliphatic rings. The number of benzene rings is 1. The number of carbonyl (C=O) groups is 1. The molecule has 0 atom stereocenters. The average molecular weight is 397 g/mol. The van der Waals surface area contributed by atoms with Gasteiger partial charge in [-0.3, -0.25) is 0 Å². The Balaban J connectivity index is 1.41. The predicted molar refractivity (Wildman–Crippen MR) is 99.9 cm³/mol. The number of likely N-dealkylation sites (tertiary alicyclic amines) is 1. The van der Waals surface area contributed by atoms with Gasteiger partial charge >= 0.3 is 6.09 Å². The van der Waals surface area contributed by atoms with Crippen molar-refractivity contribution >= 4 is 15.9 Å². The molecule has 0 spiro atoms. The molecule has 0 unspecified atom stereocenters. The van der Waals surface area contributed by atoms with Crippen LogP contribution in [0.1, 0.15) is 38.5 Å². The van der Waals surface area contributed by atoms with Crippen LogP contribution in [0.5, 0.6) is 5.75 Å². The molecule has 3 rings (SSSR count). The summed E-state index contributed by atoms with van der Waals surface area (Å²) in [6.45, 7) is 1.09. The lowest BCUT2D eigenvalue weighted by atomic mass is 9.94. The molecule has 1 aliphatic heterocycles. The number of piperidine rings is 1. The normalized spacial score (nSPS) is 24.6. The monoisotopic (exact) mass is 397 g/mol. The van der Waals surface area contributed by atoms with Crippen molar-refractivity contribution in [1.82, 2.24) is 4.90 Å². The fourth-order valence-corrected chi connectivity index (χ4v) is 4.33. The van der Waals surface area contributed by atoms with E-state index in [9.17, 15) is 13.2 Å². The topological polar surface area (TPSA) is 93.1 Å². The SMILES string of the molecule is CS(=O)(=O)c1ccc(O[C@H]2CC[C@H](OC3CCN(C(=O)O)CC3)CC2)cc1. The molecule has 0 radical (unpaired) electrons. The van der Waals surface area contributed by atoms with Crippen LogP contribution in [0.15, 0.2) is 29.2 Å². The highest BCUT2D eigenvalue weighted by Gasteiger charge is 2.28. The summed E-state index contributed by atoms with van der Waals surface area (Å²) in [5.41, 5.74) is 0. The van der Waals surface area contributed by atoms with Gasteiger partial charge in [0.2, 0.25) is 0 Å². The van der Waals surface area contributed by atoms with E-state index in [0.29, 0.717) is 23.7 Å². The summed E-state index contributed by atoms with van der Waals surface area (Å²) < 4.78 is 35.1. The van der Waals surface area contributed by atoms with Crippen molar-refractivity contribution < 1.29 is 27.8 Å². The van der Waals surface area contributed by atoms with Crippen LogP contribution in [0.3, 0.4) is 0 Å². The first kappa shape index (κ1) is 19.9. The van der Waals surface area contributed by atoms with Gasteiger partial charge in [-0.15, -0.1) is 0 Å². The minimum atomic E-state index is -3.19. The van der Waals surface area contributed by atoms with Crippen molar-refractivity contribution in [1.29, 1.82) is 0 Å². The molecular formula is C19H27NO6S. The van der Waals surface area contributed by atoms with Gasteiger partial charge in [0.05, 0.1) is 23.2 Å². The molecule has 27 heavy (non-hydrogen) atoms. The lowest BCUT2D eigenvalue weighted by Gasteiger charge is -2.35. The molecule has 2 fully saturated rings. The first-order valence-electron chi connectivity index (χ1n) is 9.41. The van der Waals surface area contributed by atoms with E-state index in [2.05, 4.69) is 0 Å². The van der Waals surface area contributed by atoms with Gasteiger partial charge < -0.3 is 19.5 Å². The second-order valence-electron chi connectivity index (χ2n) is 7.37. The van der Waals surface area contributed by atoms with E-state index in [4.69, 9.17) is 14.6 Å². The minimum absolute atomic E-state index is 0.114. The van der Waals surface area contributed by atoms with E-state index >= 15 is 0 Å². The maximum Gasteiger partial charge on any atom is 0.407 e. The molecule has 1 saturated carbocycles. The van der Waals surface area contributed by atoms with Crippen LogP contribution in [0, 0.1) is 0 Å². The molecule has 8 heteroatoms. The van der Waals surface area contributed by atoms with Crippen molar-refractivity contribution in [3.8, 4) is 5.75 Å². The summed E-state index contributed by atoms with van der Waals surface area (Å²) in [6.07, 6.45) is 5.96. The third-order valence-corrected chi connectivity index (χ3v) is 6.40. The highest BCUT2D eigenvalue weighted by Crippen LogP contribution is 2.28. The summed E-state index contributed by atoms with van der Waals surface area (Å²) in [6, 6.07) is 6.55. The standard InChI is InChI=1S/C19H27NO6S/c1-27(23,24)18-8-6-16(7-9-18)25-14-2-4-15(5-3-14)26-17-10-12-20(13-11-17)19(21)22/h6-9,14-15,17H,2-5,10-13H2,1H3,(H,21,22)/t14-,15-. The fraction of sp³-hybridized carbons (Fsp3) is 0.632. The molecule has 0 bridgehead atoms. The summed E-state index contributed by atoms with van der Waals surface area (Å²) >= 11 is 0. The van der Waals surface area contributed by atoms with E-state index < -0.39 is 15.9 Å². The molecule has 1 aromatic rings. The Bertz CT molecular complexity index is 732. The number of nitrogens with zero attached hydrogens (tertiary/aromatic N) is 1. The van der Waals surface area contributed by atoms with Crippen molar-refractivity contribution in [2.45, 2.75) is 61.7 Å². The van der Waals surface area contributed by atoms with Crippen molar-refractivity contribution in [2.24, 2.45) is 0 Å². The molecule has 1 heterocycles. The van der Waals surface area contributed by atoms with E-state index in [-0.39, 0.29) is 18.3 Å². The first-order chi connectivity index (χ1) is 12.8. The summed E-state index contributed by atoms with van der Waals surface area (Å²) in [5.74, 6) is 0.688. The minimum Gasteiger partial charge on any atom is -0.490 e. The van der Waals surface area contributed by atoms with Crippen molar-refractivity contribution in [3.63, 3.8) is 0 Å². The van der Waals surface area contributed by atoms with Gasteiger partial charge in [0.25, 0.3) is 0 Å². The zero-order valence-electron chi connectivity index (χ0n) is 15.5. The van der Waals surface area contributed by atoms with Crippen LogP contribution in [0.4, 0.5) is 4.79 Å². The Hall–Kier alpha value is -1.80. The lowest BCUT2D eigenvalue weighted by molar-refractivity contribution is -0.0641. The molecule has 150 valence electrons. The molecule has 0 aromatic heterocycles. The number of rotatable bonds is 5. The van der Waals surface area contributed by atoms with Gasteiger partial charge in [-0.25, -0.2) is 13.2 Å². The Labute approximate surface area is 160 Å². The highest BCUT2D eigenvalue weighted by molar-refractivity contribution is 7.90. The lowest BCUT2D eigenvalue weighted by Crippen LogP contribution is -2.41. The number of carboxylic acid groups (broad SMARTS) is 1. The Morgan fingerprint density at radius 2 is 1.48 bits per heavy atom. The first-order valence-corrected chi connectivity index (χ1v) is 11.3. The zero-order chi connectivity index (χ0) is 19.4. The highest BCUT2D eigenvalue weighted by atomic mass is 32.2. The number of hydrogen-bond donors (Lipinski definition) is 1. The van der Waals surface area contributed by atoms with E-state index in [1.165, 1.54) is 11.2 Å². The maximum absolute atomic E-state index is 11.5. The second kappa shape index (κ2) is 8.48. The van der Waals surface area contributed by atoms with Gasteiger partial charge in [0, 0.05) is 19.3 Å². The summed E-state index contributed by atoms with van der Waals surface area (Å²) in [5, 5.41) is 8.99. The predicted octanol–water partition coefficient (Wildman–Crippen LogP) is 2.94. The molecule has 1 aromatic carbocycles.